The van der Waals surface area contributed by atoms with Crippen LogP contribution in [0.25, 0.3) is 11.0 Å². The van der Waals surface area contributed by atoms with Crippen LogP contribution >= 0.6 is 0 Å². The number of aryl methyl sites for hydroxylation is 1. The van der Waals surface area contributed by atoms with Gasteiger partial charge in [0.2, 0.25) is 5.91 Å². The summed E-state index contributed by atoms with van der Waals surface area (Å²) >= 11 is 0. The lowest BCUT2D eigenvalue weighted by Gasteiger charge is -2.12. The first-order chi connectivity index (χ1) is 18.6. The average Bonchev–Trinajstić information content (AvgIpc) is 3.30. The first-order valence-electron chi connectivity index (χ1n) is 12.8. The number of amides is 1. The molecule has 8 heteroatoms. The summed E-state index contributed by atoms with van der Waals surface area (Å²) in [5.41, 5.74) is 2.94. The molecule has 200 valence electrons. The van der Waals surface area contributed by atoms with Gasteiger partial charge < -0.3 is 28.8 Å². The van der Waals surface area contributed by atoms with Crippen LogP contribution in [0.2, 0.25) is 0 Å². The number of hydrogen-bond donors (Lipinski definition) is 1. The van der Waals surface area contributed by atoms with Crippen molar-refractivity contribution in [3.63, 3.8) is 0 Å². The molecule has 0 atom stereocenters. The Balaban J connectivity index is 1.29. The van der Waals surface area contributed by atoms with E-state index in [1.807, 2.05) is 60.7 Å². The third-order valence-corrected chi connectivity index (χ3v) is 6.32. The maximum absolute atomic E-state index is 12.6. The van der Waals surface area contributed by atoms with Gasteiger partial charge in [0.05, 0.1) is 45.4 Å². The molecule has 0 aliphatic rings. The van der Waals surface area contributed by atoms with Crippen LogP contribution in [-0.4, -0.2) is 49.9 Å². The molecule has 0 radical (unpaired) electrons. The summed E-state index contributed by atoms with van der Waals surface area (Å²) in [5, 5.41) is 3.03. The summed E-state index contributed by atoms with van der Waals surface area (Å²) in [6, 6.07) is 21.3. The summed E-state index contributed by atoms with van der Waals surface area (Å²) in [6.45, 7) is 1.98. The maximum atomic E-state index is 12.6. The van der Waals surface area contributed by atoms with E-state index in [9.17, 15) is 4.79 Å². The van der Waals surface area contributed by atoms with Crippen LogP contribution in [-0.2, 0) is 24.2 Å². The fourth-order valence-corrected chi connectivity index (χ4v) is 4.35. The summed E-state index contributed by atoms with van der Waals surface area (Å²) in [7, 11) is 4.83. The molecule has 0 aliphatic heterocycles. The quantitative estimate of drug-likeness (QED) is 0.242. The standard InChI is InChI=1S/C30H35N3O5/c1-35-23-11-13-24(14-12-23)38-19-7-6-18-33-26-9-5-4-8-25(26)32-29(33)16-17-31-30(34)21-22-10-15-27(36-2)28(20-22)37-3/h4-5,8-15,20H,6-7,16-19,21H2,1-3H3,(H,31,34). The fourth-order valence-electron chi connectivity index (χ4n) is 4.35. The highest BCUT2D eigenvalue weighted by Crippen LogP contribution is 2.27. The minimum atomic E-state index is -0.0458. The number of para-hydroxylation sites is 2. The van der Waals surface area contributed by atoms with Crippen molar-refractivity contribution in [2.75, 3.05) is 34.5 Å². The number of fused-ring (bicyclic) bond motifs is 1. The largest absolute Gasteiger partial charge is 0.497 e. The second kappa shape index (κ2) is 13.4. The van der Waals surface area contributed by atoms with Gasteiger partial charge in [-0.3, -0.25) is 4.79 Å². The molecule has 38 heavy (non-hydrogen) atoms. The van der Waals surface area contributed by atoms with Crippen molar-refractivity contribution >= 4 is 16.9 Å². The highest BCUT2D eigenvalue weighted by atomic mass is 16.5. The van der Waals surface area contributed by atoms with E-state index >= 15 is 0 Å². The van der Waals surface area contributed by atoms with Gasteiger partial charge >= 0.3 is 0 Å². The Morgan fingerprint density at radius 1 is 0.868 bits per heavy atom. The number of hydrogen-bond acceptors (Lipinski definition) is 6. The second-order valence-electron chi connectivity index (χ2n) is 8.87. The molecule has 8 nitrogen and oxygen atoms in total. The fraction of sp³-hybridized carbons (Fsp3) is 0.333. The summed E-state index contributed by atoms with van der Waals surface area (Å²) < 4.78 is 23.9. The number of nitrogens with zero attached hydrogens (tertiary/aromatic N) is 2. The zero-order valence-corrected chi connectivity index (χ0v) is 22.2. The van der Waals surface area contributed by atoms with Crippen molar-refractivity contribution in [1.29, 1.82) is 0 Å². The molecule has 0 unspecified atom stereocenters. The molecule has 0 saturated carbocycles. The van der Waals surface area contributed by atoms with Gasteiger partial charge in [-0.15, -0.1) is 0 Å². The molecule has 3 aromatic carbocycles. The predicted molar refractivity (Wildman–Crippen MR) is 147 cm³/mol. The molecular weight excluding hydrogens is 482 g/mol. The molecule has 0 fully saturated rings. The van der Waals surface area contributed by atoms with Crippen LogP contribution in [0.1, 0.15) is 24.2 Å². The summed E-state index contributed by atoms with van der Waals surface area (Å²) in [4.78, 5) is 17.4. The zero-order valence-electron chi connectivity index (χ0n) is 22.2. The average molecular weight is 518 g/mol. The van der Waals surface area contributed by atoms with Crippen LogP contribution in [0.3, 0.4) is 0 Å². The first kappa shape index (κ1) is 26.9. The molecule has 0 bridgehead atoms. The molecule has 1 amide bonds. The third kappa shape index (κ3) is 6.97. The smallest absolute Gasteiger partial charge is 0.224 e. The number of imidazole rings is 1. The molecular formula is C30H35N3O5. The van der Waals surface area contributed by atoms with E-state index in [0.717, 1.165) is 53.3 Å². The van der Waals surface area contributed by atoms with Crippen LogP contribution in [0.5, 0.6) is 23.0 Å². The number of benzene rings is 3. The normalized spacial score (nSPS) is 10.8. The molecule has 4 rings (SSSR count). The molecule has 0 spiro atoms. The number of carbonyl (C=O) groups is 1. The molecule has 0 saturated heterocycles. The van der Waals surface area contributed by atoms with Gasteiger partial charge in [-0.25, -0.2) is 4.98 Å². The number of aromatic nitrogens is 2. The zero-order chi connectivity index (χ0) is 26.7. The lowest BCUT2D eigenvalue weighted by molar-refractivity contribution is -0.120. The number of carbonyl (C=O) groups excluding carboxylic acids is 1. The summed E-state index contributed by atoms with van der Waals surface area (Å²) in [5.74, 6) is 3.82. The number of methoxy groups -OCH3 is 3. The molecule has 0 aliphatic carbocycles. The van der Waals surface area contributed by atoms with Gasteiger partial charge in [-0.05, 0) is 66.9 Å². The van der Waals surface area contributed by atoms with E-state index in [4.69, 9.17) is 23.9 Å². The van der Waals surface area contributed by atoms with Crippen molar-refractivity contribution in [2.24, 2.45) is 0 Å². The molecule has 1 N–H and O–H groups in total. The predicted octanol–water partition coefficient (Wildman–Crippen LogP) is 4.82. The van der Waals surface area contributed by atoms with E-state index in [-0.39, 0.29) is 12.3 Å². The Bertz CT molecular complexity index is 1330. The van der Waals surface area contributed by atoms with Crippen molar-refractivity contribution in [3.8, 4) is 23.0 Å². The number of nitrogens with one attached hydrogen (secondary N) is 1. The van der Waals surface area contributed by atoms with Gasteiger partial charge in [0.25, 0.3) is 0 Å². The minimum Gasteiger partial charge on any atom is -0.497 e. The van der Waals surface area contributed by atoms with Gasteiger partial charge in [-0.2, -0.15) is 0 Å². The van der Waals surface area contributed by atoms with Crippen LogP contribution in [0.15, 0.2) is 66.7 Å². The number of unbranched alkanes of at least 4 members (excludes halogenated alkanes) is 1. The first-order valence-corrected chi connectivity index (χ1v) is 12.8. The van der Waals surface area contributed by atoms with Gasteiger partial charge in [0.15, 0.2) is 11.5 Å². The lowest BCUT2D eigenvalue weighted by atomic mass is 10.1. The maximum Gasteiger partial charge on any atom is 0.224 e. The van der Waals surface area contributed by atoms with E-state index < -0.39 is 0 Å². The highest BCUT2D eigenvalue weighted by molar-refractivity contribution is 5.79. The van der Waals surface area contributed by atoms with E-state index in [1.165, 1.54) is 0 Å². The molecule has 1 heterocycles. The molecule has 4 aromatic rings. The Labute approximate surface area is 223 Å². The third-order valence-electron chi connectivity index (χ3n) is 6.32. The topological polar surface area (TPSA) is 83.8 Å². The van der Waals surface area contributed by atoms with Gasteiger partial charge in [-0.1, -0.05) is 18.2 Å². The van der Waals surface area contributed by atoms with E-state index in [0.29, 0.717) is 31.1 Å². The molecule has 1 aromatic heterocycles. The summed E-state index contributed by atoms with van der Waals surface area (Å²) in [6.07, 6.45) is 2.79. The second-order valence-corrected chi connectivity index (χ2v) is 8.87. The number of ether oxygens (including phenoxy) is 4. The van der Waals surface area contributed by atoms with E-state index in [1.54, 1.807) is 21.3 Å². The van der Waals surface area contributed by atoms with Gasteiger partial charge in [0, 0.05) is 19.5 Å². The van der Waals surface area contributed by atoms with Crippen LogP contribution in [0.4, 0.5) is 0 Å². The van der Waals surface area contributed by atoms with Gasteiger partial charge in [0.1, 0.15) is 17.3 Å². The van der Waals surface area contributed by atoms with Crippen molar-refractivity contribution in [3.05, 3.63) is 78.1 Å². The highest BCUT2D eigenvalue weighted by Gasteiger charge is 2.12. The Hall–Kier alpha value is -4.20. The SMILES string of the molecule is COc1ccc(OCCCCn2c(CCNC(=O)Cc3ccc(OC)c(OC)c3)nc3ccccc32)cc1. The van der Waals surface area contributed by atoms with Crippen LogP contribution < -0.4 is 24.3 Å². The van der Waals surface area contributed by atoms with Crippen molar-refractivity contribution in [1.82, 2.24) is 14.9 Å². The van der Waals surface area contributed by atoms with Crippen molar-refractivity contribution < 1.29 is 23.7 Å². The lowest BCUT2D eigenvalue weighted by Crippen LogP contribution is -2.28. The Morgan fingerprint density at radius 3 is 2.39 bits per heavy atom. The number of rotatable bonds is 14. The Morgan fingerprint density at radius 2 is 1.63 bits per heavy atom. The van der Waals surface area contributed by atoms with Crippen LogP contribution in [0, 0.1) is 0 Å². The monoisotopic (exact) mass is 517 g/mol. The van der Waals surface area contributed by atoms with E-state index in [2.05, 4.69) is 16.0 Å². The van der Waals surface area contributed by atoms with Crippen molar-refractivity contribution in [2.45, 2.75) is 32.2 Å². The Kier molecular flexibility index (Phi) is 9.45. The minimum absolute atomic E-state index is 0.0458.